The van der Waals surface area contributed by atoms with Crippen LogP contribution in [0.4, 0.5) is 0 Å². The number of benzene rings is 4. The van der Waals surface area contributed by atoms with Crippen molar-refractivity contribution in [1.82, 2.24) is 4.48 Å². The van der Waals surface area contributed by atoms with Crippen molar-refractivity contribution in [1.29, 1.82) is 10.5 Å². The molecule has 5 aromatic rings. The molecule has 0 aliphatic carbocycles. The molecule has 0 radical (unpaired) electrons. The molecule has 1 aromatic heterocycles. The largest absolute Gasteiger partial charge is 0.374 e. The quantitative estimate of drug-likeness (QED) is 0.211. The average molecular weight is 534 g/mol. The van der Waals surface area contributed by atoms with Gasteiger partial charge in [-0.25, -0.2) is 0 Å². The smallest absolute Gasteiger partial charge is 0.328 e. The van der Waals surface area contributed by atoms with Gasteiger partial charge in [-0.1, -0.05) is 104 Å². The predicted octanol–water partition coefficient (Wildman–Crippen LogP) is 7.43. The first-order chi connectivity index (χ1) is 19.3. The van der Waals surface area contributed by atoms with Crippen molar-refractivity contribution >= 4 is 39.6 Å². The normalized spacial score (nSPS) is 14.4. The zero-order chi connectivity index (χ0) is 29.5. The Morgan fingerprint density at radius 1 is 0.634 bits per heavy atom. The van der Waals surface area contributed by atoms with Gasteiger partial charge in [0.15, 0.2) is 0 Å². The van der Waals surface area contributed by atoms with Gasteiger partial charge in [-0.3, -0.25) is 0 Å². The minimum atomic E-state index is -0.185. The molecule has 0 saturated heterocycles. The number of nitrogens with zero attached hydrogens (tertiary/aromatic N) is 3. The van der Waals surface area contributed by atoms with Gasteiger partial charge in [-0.2, -0.15) is 10.5 Å². The zero-order valence-corrected chi connectivity index (χ0v) is 25.3. The second kappa shape index (κ2) is 8.86. The van der Waals surface area contributed by atoms with Gasteiger partial charge in [0.25, 0.3) is 0 Å². The number of hydrogen-bond donors (Lipinski definition) is 0. The summed E-state index contributed by atoms with van der Waals surface area (Å²) < 4.78 is 2.31. The summed E-state index contributed by atoms with van der Waals surface area (Å²) in [7, 11) is 0. The molecule has 202 valence electrons. The lowest BCUT2D eigenvalue weighted by molar-refractivity contribution is 0.590. The van der Waals surface area contributed by atoms with Crippen LogP contribution in [0.15, 0.2) is 72.8 Å². The van der Waals surface area contributed by atoms with Gasteiger partial charge in [-0.05, 0) is 68.3 Å². The first kappa shape index (κ1) is 26.9. The minimum Gasteiger partial charge on any atom is -0.374 e. The fourth-order valence-electron chi connectivity index (χ4n) is 6.81. The lowest BCUT2D eigenvalue weighted by Gasteiger charge is -2.39. The van der Waals surface area contributed by atoms with E-state index in [2.05, 4.69) is 145 Å². The highest BCUT2D eigenvalue weighted by Crippen LogP contribution is 2.41. The lowest BCUT2D eigenvalue weighted by Crippen LogP contribution is -2.58. The van der Waals surface area contributed by atoms with Gasteiger partial charge in [0.05, 0.1) is 22.2 Å². The Morgan fingerprint density at radius 3 is 1.39 bits per heavy atom. The monoisotopic (exact) mass is 533 g/mol. The van der Waals surface area contributed by atoms with Crippen LogP contribution in [0.25, 0.3) is 21.8 Å². The molecule has 0 spiro atoms. The third kappa shape index (κ3) is 3.93. The highest BCUT2D eigenvalue weighted by atomic mass is 14.9. The molecule has 0 atom stereocenters. The van der Waals surface area contributed by atoms with Crippen molar-refractivity contribution < 1.29 is 0 Å². The van der Waals surface area contributed by atoms with Gasteiger partial charge in [0, 0.05) is 16.2 Å². The van der Waals surface area contributed by atoms with Gasteiger partial charge in [-0.15, -0.1) is 0 Å². The molecular weight excluding hydrogens is 497 g/mol. The summed E-state index contributed by atoms with van der Waals surface area (Å²) in [5.74, 6) is 0. The van der Waals surface area contributed by atoms with Crippen molar-refractivity contribution in [3.05, 3.63) is 106 Å². The molecule has 1 aliphatic heterocycles. The summed E-state index contributed by atoms with van der Waals surface area (Å²) in [6.07, 6.45) is 0. The topological polar surface area (TPSA) is 52.5 Å². The van der Waals surface area contributed by atoms with E-state index >= 15 is 0 Å². The fourth-order valence-corrected chi connectivity index (χ4v) is 6.81. The van der Waals surface area contributed by atoms with E-state index in [0.29, 0.717) is 11.1 Å². The van der Waals surface area contributed by atoms with Crippen LogP contribution in [0.2, 0.25) is 0 Å². The van der Waals surface area contributed by atoms with Crippen molar-refractivity contribution in [3.8, 4) is 12.1 Å². The third-order valence-electron chi connectivity index (χ3n) is 9.08. The summed E-state index contributed by atoms with van der Waals surface area (Å²) in [4.78, 5) is 0. The Labute approximate surface area is 244 Å². The standard InChI is InChI=1S/C37H36BN3/c1-35(2,3)25-17-23(21-39)33-27(19-25)28-20-26(36(4,5)6)18-24(22-40)34(28)41(33)38-31-15-11-9-13-29(31)37(7,8)30-14-10-12-16-32(30)38/h9-20H,1-8H3. The first-order valence-corrected chi connectivity index (χ1v) is 14.4. The summed E-state index contributed by atoms with van der Waals surface area (Å²) in [5.41, 5.74) is 9.82. The Kier molecular flexibility index (Phi) is 5.82. The van der Waals surface area contributed by atoms with E-state index in [9.17, 15) is 10.5 Å². The third-order valence-corrected chi connectivity index (χ3v) is 9.08. The summed E-state index contributed by atoms with van der Waals surface area (Å²) in [5, 5.41) is 23.3. The van der Waals surface area contributed by atoms with Gasteiger partial charge in [0.2, 0.25) is 0 Å². The number of rotatable bonds is 1. The maximum absolute atomic E-state index is 10.6. The molecule has 0 saturated carbocycles. The van der Waals surface area contributed by atoms with Crippen molar-refractivity contribution in [2.24, 2.45) is 0 Å². The number of hydrogen-bond acceptors (Lipinski definition) is 2. The van der Waals surface area contributed by atoms with Crippen LogP contribution >= 0.6 is 0 Å². The molecule has 0 bridgehead atoms. The van der Waals surface area contributed by atoms with Crippen LogP contribution in [0.5, 0.6) is 0 Å². The Balaban J connectivity index is 1.88. The Hall–Kier alpha value is -4.28. The minimum absolute atomic E-state index is 0.137. The van der Waals surface area contributed by atoms with Crippen LogP contribution in [-0.4, -0.2) is 11.3 Å². The Morgan fingerprint density at radius 2 is 1.02 bits per heavy atom. The van der Waals surface area contributed by atoms with Crippen LogP contribution in [0.3, 0.4) is 0 Å². The molecule has 41 heavy (non-hydrogen) atoms. The van der Waals surface area contributed by atoms with Crippen LogP contribution in [0.1, 0.15) is 88.8 Å². The SMILES string of the molecule is CC(C)(C)c1cc(C#N)c2c(c1)c1cc(C(C)(C)C)cc(C#N)c1n2B1c2ccccc2C(C)(C)c2ccccc21. The highest BCUT2D eigenvalue weighted by molar-refractivity contribution is 6.86. The Bertz CT molecular complexity index is 1820. The van der Waals surface area contributed by atoms with Crippen LogP contribution < -0.4 is 10.9 Å². The molecule has 0 fully saturated rings. The number of aromatic nitrogens is 1. The fraction of sp³-hybridized carbons (Fsp3) is 0.297. The average Bonchev–Trinajstić information content (AvgIpc) is 3.26. The predicted molar refractivity (Wildman–Crippen MR) is 172 cm³/mol. The summed E-state index contributed by atoms with van der Waals surface area (Å²) in [6.45, 7) is 17.5. The van der Waals surface area contributed by atoms with E-state index in [1.54, 1.807) is 0 Å². The second-order valence-electron chi connectivity index (χ2n) is 14.1. The maximum Gasteiger partial charge on any atom is 0.328 e. The lowest BCUT2D eigenvalue weighted by atomic mass is 9.41. The van der Waals surface area contributed by atoms with E-state index in [1.807, 2.05) is 0 Å². The maximum atomic E-state index is 10.6. The van der Waals surface area contributed by atoms with E-state index in [-0.39, 0.29) is 23.1 Å². The highest BCUT2D eigenvalue weighted by Gasteiger charge is 2.42. The molecular formula is C37H36BN3. The molecule has 0 N–H and O–H groups in total. The second-order valence-corrected chi connectivity index (χ2v) is 14.1. The van der Waals surface area contributed by atoms with Gasteiger partial charge < -0.3 is 4.48 Å². The molecule has 3 nitrogen and oxygen atoms in total. The van der Waals surface area contributed by atoms with E-state index < -0.39 is 0 Å². The molecule has 4 heteroatoms. The molecule has 4 aromatic carbocycles. The first-order valence-electron chi connectivity index (χ1n) is 14.4. The van der Waals surface area contributed by atoms with Crippen molar-refractivity contribution in [3.63, 3.8) is 0 Å². The summed E-state index contributed by atoms with van der Waals surface area (Å²) >= 11 is 0. The van der Waals surface area contributed by atoms with E-state index in [0.717, 1.165) is 32.9 Å². The van der Waals surface area contributed by atoms with Crippen LogP contribution in [0, 0.1) is 22.7 Å². The van der Waals surface area contributed by atoms with E-state index in [4.69, 9.17) is 0 Å². The van der Waals surface area contributed by atoms with Crippen molar-refractivity contribution in [2.75, 3.05) is 0 Å². The zero-order valence-electron chi connectivity index (χ0n) is 25.3. The number of nitriles is 2. The molecule has 6 rings (SSSR count). The molecule has 0 unspecified atom stereocenters. The number of fused-ring (bicyclic) bond motifs is 5. The molecule has 1 aliphatic rings. The summed E-state index contributed by atoms with van der Waals surface area (Å²) in [6, 6.07) is 31.1. The van der Waals surface area contributed by atoms with Crippen LogP contribution in [-0.2, 0) is 16.2 Å². The van der Waals surface area contributed by atoms with Gasteiger partial charge >= 0.3 is 6.85 Å². The molecule has 0 amide bonds. The van der Waals surface area contributed by atoms with E-state index in [1.165, 1.54) is 22.1 Å². The molecule has 2 heterocycles. The van der Waals surface area contributed by atoms with Gasteiger partial charge in [0.1, 0.15) is 12.1 Å². The van der Waals surface area contributed by atoms with Crippen molar-refractivity contribution in [2.45, 2.75) is 71.6 Å².